The third-order valence-corrected chi connectivity index (χ3v) is 6.50. The smallest absolute Gasteiger partial charge is 0.254 e. The molecule has 3 heterocycles. The summed E-state index contributed by atoms with van der Waals surface area (Å²) in [6, 6.07) is 10.7. The number of hydrogen-bond acceptors (Lipinski definition) is 5. The number of carbonyl (C=O) groups is 1. The van der Waals surface area contributed by atoms with Crippen molar-refractivity contribution in [3.63, 3.8) is 0 Å². The van der Waals surface area contributed by atoms with Gasteiger partial charge in [0.2, 0.25) is 0 Å². The number of furan rings is 1. The van der Waals surface area contributed by atoms with Crippen LogP contribution >= 0.6 is 0 Å². The van der Waals surface area contributed by atoms with Gasteiger partial charge in [-0.1, -0.05) is 25.1 Å². The van der Waals surface area contributed by atoms with Gasteiger partial charge in [0.05, 0.1) is 18.4 Å². The standard InChI is InChI=1S/C24H34N4O2/c1-3-26-12-14-27(15-13-26)11-6-10-25-24(29)21-9-16-30-23(21)18-28-19(2)17-20-7-4-5-8-22(20)28/h4-5,7-9,16,19H,3,6,10-15,17-18H2,1-2H3,(H,25,29). The largest absolute Gasteiger partial charge is 0.467 e. The van der Waals surface area contributed by atoms with Crippen LogP contribution in [0.5, 0.6) is 0 Å². The summed E-state index contributed by atoms with van der Waals surface area (Å²) in [6.45, 7) is 12.5. The molecule has 1 amide bonds. The van der Waals surface area contributed by atoms with Crippen LogP contribution in [0.4, 0.5) is 5.69 Å². The number of rotatable bonds is 8. The fraction of sp³-hybridized carbons (Fsp3) is 0.542. The summed E-state index contributed by atoms with van der Waals surface area (Å²) in [7, 11) is 0. The maximum Gasteiger partial charge on any atom is 0.254 e. The molecule has 2 aromatic rings. The van der Waals surface area contributed by atoms with Gasteiger partial charge in [0, 0.05) is 44.5 Å². The van der Waals surface area contributed by atoms with Crippen LogP contribution in [0.2, 0.25) is 0 Å². The Kier molecular flexibility index (Phi) is 6.75. The van der Waals surface area contributed by atoms with E-state index in [4.69, 9.17) is 4.42 Å². The summed E-state index contributed by atoms with van der Waals surface area (Å²) in [5, 5.41) is 3.09. The molecule has 1 aromatic heterocycles. The van der Waals surface area contributed by atoms with Crippen molar-refractivity contribution in [3.8, 4) is 0 Å². The average Bonchev–Trinajstić information content (AvgIpc) is 3.36. The molecule has 0 radical (unpaired) electrons. The summed E-state index contributed by atoms with van der Waals surface area (Å²) >= 11 is 0. The van der Waals surface area contributed by atoms with E-state index >= 15 is 0 Å². The van der Waals surface area contributed by atoms with Gasteiger partial charge in [0.25, 0.3) is 5.91 Å². The van der Waals surface area contributed by atoms with Gasteiger partial charge in [0.1, 0.15) is 5.76 Å². The lowest BCUT2D eigenvalue weighted by Crippen LogP contribution is -2.46. The lowest BCUT2D eigenvalue weighted by molar-refractivity contribution is 0.0946. The predicted octanol–water partition coefficient (Wildman–Crippen LogP) is 2.99. The molecular formula is C24H34N4O2. The van der Waals surface area contributed by atoms with E-state index in [2.05, 4.69) is 58.1 Å². The Morgan fingerprint density at radius 3 is 2.70 bits per heavy atom. The highest BCUT2D eigenvalue weighted by Gasteiger charge is 2.28. The van der Waals surface area contributed by atoms with Crippen LogP contribution in [0.1, 0.15) is 41.9 Å². The molecule has 4 rings (SSSR count). The molecule has 0 aliphatic carbocycles. The molecule has 0 saturated carbocycles. The molecule has 162 valence electrons. The van der Waals surface area contributed by atoms with E-state index in [9.17, 15) is 4.79 Å². The number of para-hydroxylation sites is 1. The molecule has 6 nitrogen and oxygen atoms in total. The second-order valence-electron chi connectivity index (χ2n) is 8.45. The summed E-state index contributed by atoms with van der Waals surface area (Å²) in [4.78, 5) is 20.1. The third-order valence-electron chi connectivity index (χ3n) is 6.50. The lowest BCUT2D eigenvalue weighted by Gasteiger charge is -2.33. The SMILES string of the molecule is CCN1CCN(CCCNC(=O)c2ccoc2CN2c3ccccc3CC2C)CC1. The van der Waals surface area contributed by atoms with E-state index in [1.807, 2.05) is 0 Å². The van der Waals surface area contributed by atoms with Gasteiger partial charge < -0.3 is 24.4 Å². The zero-order valence-corrected chi connectivity index (χ0v) is 18.3. The van der Waals surface area contributed by atoms with Crippen molar-refractivity contribution >= 4 is 11.6 Å². The van der Waals surface area contributed by atoms with Crippen LogP contribution in [0.15, 0.2) is 41.0 Å². The number of carbonyl (C=O) groups excluding carboxylic acids is 1. The molecule has 1 N–H and O–H groups in total. The van der Waals surface area contributed by atoms with Crippen LogP contribution in [0.25, 0.3) is 0 Å². The summed E-state index contributed by atoms with van der Waals surface area (Å²) in [5.41, 5.74) is 3.27. The fourth-order valence-electron chi connectivity index (χ4n) is 4.62. The first kappa shape index (κ1) is 20.9. The molecule has 2 aliphatic rings. The zero-order chi connectivity index (χ0) is 20.9. The van der Waals surface area contributed by atoms with E-state index < -0.39 is 0 Å². The number of likely N-dealkylation sites (N-methyl/N-ethyl adjacent to an activating group) is 1. The molecule has 1 fully saturated rings. The van der Waals surface area contributed by atoms with Crippen molar-refractivity contribution in [2.24, 2.45) is 0 Å². The molecule has 6 heteroatoms. The van der Waals surface area contributed by atoms with Gasteiger partial charge in [-0.3, -0.25) is 4.79 Å². The van der Waals surface area contributed by atoms with E-state index in [0.717, 1.165) is 57.9 Å². The summed E-state index contributed by atoms with van der Waals surface area (Å²) < 4.78 is 5.72. The van der Waals surface area contributed by atoms with Crippen molar-refractivity contribution in [1.82, 2.24) is 15.1 Å². The highest BCUT2D eigenvalue weighted by Crippen LogP contribution is 2.33. The molecule has 30 heavy (non-hydrogen) atoms. The number of fused-ring (bicyclic) bond motifs is 1. The predicted molar refractivity (Wildman–Crippen MR) is 120 cm³/mol. The van der Waals surface area contributed by atoms with E-state index in [-0.39, 0.29) is 5.91 Å². The summed E-state index contributed by atoms with van der Waals surface area (Å²) in [6.07, 6.45) is 3.64. The second kappa shape index (κ2) is 9.67. The topological polar surface area (TPSA) is 52.0 Å². The first-order valence-electron chi connectivity index (χ1n) is 11.3. The second-order valence-corrected chi connectivity index (χ2v) is 8.45. The normalized spacial score (nSPS) is 19.8. The van der Waals surface area contributed by atoms with Crippen LogP contribution in [-0.4, -0.2) is 67.6 Å². The number of amides is 1. The number of nitrogens with one attached hydrogen (secondary N) is 1. The highest BCUT2D eigenvalue weighted by molar-refractivity contribution is 5.95. The van der Waals surface area contributed by atoms with Crippen molar-refractivity contribution < 1.29 is 9.21 Å². The molecule has 1 atom stereocenters. The maximum absolute atomic E-state index is 12.8. The molecule has 0 spiro atoms. The Bertz CT molecular complexity index is 841. The minimum Gasteiger partial charge on any atom is -0.467 e. The van der Waals surface area contributed by atoms with E-state index in [1.54, 1.807) is 12.3 Å². The minimum atomic E-state index is -0.0327. The monoisotopic (exact) mass is 410 g/mol. The number of hydrogen-bond donors (Lipinski definition) is 1. The van der Waals surface area contributed by atoms with Crippen molar-refractivity contribution in [3.05, 3.63) is 53.5 Å². The number of anilines is 1. The van der Waals surface area contributed by atoms with Crippen LogP contribution < -0.4 is 10.2 Å². The molecule has 2 aliphatic heterocycles. The molecule has 1 unspecified atom stereocenters. The lowest BCUT2D eigenvalue weighted by atomic mass is 10.1. The quantitative estimate of drug-likeness (QED) is 0.678. The average molecular weight is 411 g/mol. The molecular weight excluding hydrogens is 376 g/mol. The van der Waals surface area contributed by atoms with Crippen molar-refractivity contribution in [1.29, 1.82) is 0 Å². The zero-order valence-electron chi connectivity index (χ0n) is 18.3. The Morgan fingerprint density at radius 1 is 1.13 bits per heavy atom. The maximum atomic E-state index is 12.8. The highest BCUT2D eigenvalue weighted by atomic mass is 16.3. The molecule has 1 aromatic carbocycles. The van der Waals surface area contributed by atoms with Gasteiger partial charge in [-0.15, -0.1) is 0 Å². The van der Waals surface area contributed by atoms with Crippen LogP contribution in [0, 0.1) is 0 Å². The van der Waals surface area contributed by atoms with Crippen LogP contribution in [-0.2, 0) is 13.0 Å². The first-order valence-corrected chi connectivity index (χ1v) is 11.3. The van der Waals surface area contributed by atoms with Crippen molar-refractivity contribution in [2.45, 2.75) is 39.3 Å². The van der Waals surface area contributed by atoms with Gasteiger partial charge in [-0.05, 0) is 50.6 Å². The van der Waals surface area contributed by atoms with Gasteiger partial charge >= 0.3 is 0 Å². The van der Waals surface area contributed by atoms with Gasteiger partial charge in [0.15, 0.2) is 0 Å². The first-order chi connectivity index (χ1) is 14.7. The Hall–Kier alpha value is -2.31. The Balaban J connectivity index is 1.27. The molecule has 1 saturated heterocycles. The molecule has 0 bridgehead atoms. The van der Waals surface area contributed by atoms with Crippen LogP contribution in [0.3, 0.4) is 0 Å². The Labute approximate surface area is 179 Å². The van der Waals surface area contributed by atoms with E-state index in [0.29, 0.717) is 24.7 Å². The number of piperazine rings is 1. The number of benzene rings is 1. The minimum absolute atomic E-state index is 0.0327. The summed E-state index contributed by atoms with van der Waals surface area (Å²) in [5.74, 6) is 0.710. The van der Waals surface area contributed by atoms with Gasteiger partial charge in [-0.25, -0.2) is 0 Å². The van der Waals surface area contributed by atoms with Gasteiger partial charge in [-0.2, -0.15) is 0 Å². The Morgan fingerprint density at radius 2 is 1.90 bits per heavy atom. The number of nitrogens with zero attached hydrogens (tertiary/aromatic N) is 3. The fourth-order valence-corrected chi connectivity index (χ4v) is 4.62. The third kappa shape index (κ3) is 4.71. The van der Waals surface area contributed by atoms with Crippen molar-refractivity contribution in [2.75, 3.05) is 50.7 Å². The van der Waals surface area contributed by atoms with E-state index in [1.165, 1.54) is 11.3 Å².